The molecule has 0 aliphatic heterocycles. The van der Waals surface area contributed by atoms with E-state index in [1.807, 2.05) is 12.1 Å². The maximum absolute atomic E-state index is 13.4. The molecule has 0 unspecified atom stereocenters. The third kappa shape index (κ3) is 4.93. The van der Waals surface area contributed by atoms with Gasteiger partial charge in [-0.2, -0.15) is 0 Å². The Hall–Kier alpha value is -2.33. The number of carbonyl (C=O) groups is 1. The van der Waals surface area contributed by atoms with Crippen LogP contribution in [-0.4, -0.2) is 6.03 Å². The summed E-state index contributed by atoms with van der Waals surface area (Å²) in [6.07, 6.45) is 3.22. The molecule has 0 saturated carbocycles. The minimum Gasteiger partial charge on any atom is -0.334 e. The topological polar surface area (TPSA) is 41.1 Å². The molecule has 5 heteroatoms. The molecule has 0 fully saturated rings. The van der Waals surface area contributed by atoms with Crippen molar-refractivity contribution in [1.29, 1.82) is 0 Å². The van der Waals surface area contributed by atoms with Crippen molar-refractivity contribution in [2.75, 3.05) is 0 Å². The van der Waals surface area contributed by atoms with E-state index >= 15 is 0 Å². The molecule has 2 amide bonds. The van der Waals surface area contributed by atoms with Crippen LogP contribution in [0, 0.1) is 5.82 Å². The van der Waals surface area contributed by atoms with Crippen molar-refractivity contribution < 1.29 is 9.18 Å². The Morgan fingerprint density at radius 1 is 1.19 bits per heavy atom. The number of carbonyl (C=O) groups excluding carboxylic acids is 1. The number of nitrogens with one attached hydrogen (secondary N) is 2. The van der Waals surface area contributed by atoms with E-state index in [2.05, 4.69) is 10.6 Å². The molecule has 0 atom stereocenters. The number of hydrogen-bond donors (Lipinski definition) is 2. The smallest absolute Gasteiger partial charge is 0.319 e. The molecule has 0 aromatic heterocycles. The monoisotopic (exact) mass is 304 g/mol. The second-order valence-corrected chi connectivity index (χ2v) is 4.74. The average molecular weight is 305 g/mol. The summed E-state index contributed by atoms with van der Waals surface area (Å²) < 4.78 is 13.4. The van der Waals surface area contributed by atoms with Gasteiger partial charge < -0.3 is 10.6 Å². The molecule has 0 heterocycles. The van der Waals surface area contributed by atoms with Crippen LogP contribution in [0.5, 0.6) is 0 Å². The zero-order chi connectivity index (χ0) is 15.1. The Morgan fingerprint density at radius 3 is 2.76 bits per heavy atom. The highest BCUT2D eigenvalue weighted by atomic mass is 35.5. The summed E-state index contributed by atoms with van der Waals surface area (Å²) in [6.45, 7) is 0.128. The van der Waals surface area contributed by atoms with Crippen LogP contribution in [0.4, 0.5) is 9.18 Å². The predicted octanol–water partition coefficient (Wildman–Crippen LogP) is 3.95. The summed E-state index contributed by atoms with van der Waals surface area (Å²) in [5, 5.41) is 5.74. The van der Waals surface area contributed by atoms with Crippen LogP contribution in [-0.2, 0) is 6.54 Å². The number of benzene rings is 2. The van der Waals surface area contributed by atoms with Gasteiger partial charge in [-0.15, -0.1) is 0 Å². The molecule has 2 aromatic rings. The Morgan fingerprint density at radius 2 is 2.00 bits per heavy atom. The van der Waals surface area contributed by atoms with Crippen LogP contribution in [0.25, 0.3) is 6.08 Å². The molecule has 2 aromatic carbocycles. The van der Waals surface area contributed by atoms with Gasteiger partial charge in [0, 0.05) is 23.3 Å². The Balaban J connectivity index is 1.81. The van der Waals surface area contributed by atoms with E-state index in [-0.39, 0.29) is 12.4 Å². The second kappa shape index (κ2) is 7.45. The highest BCUT2D eigenvalue weighted by molar-refractivity contribution is 6.30. The van der Waals surface area contributed by atoms with E-state index in [1.54, 1.807) is 36.4 Å². The van der Waals surface area contributed by atoms with Crippen molar-refractivity contribution in [3.63, 3.8) is 0 Å². The lowest BCUT2D eigenvalue weighted by Gasteiger charge is -2.05. The van der Waals surface area contributed by atoms with Crippen molar-refractivity contribution in [1.82, 2.24) is 10.6 Å². The maximum atomic E-state index is 13.4. The fourth-order valence-electron chi connectivity index (χ4n) is 1.69. The van der Waals surface area contributed by atoms with Crippen molar-refractivity contribution in [2.45, 2.75) is 6.54 Å². The first-order valence-electron chi connectivity index (χ1n) is 6.35. The van der Waals surface area contributed by atoms with Gasteiger partial charge in [0.15, 0.2) is 0 Å². The molecule has 3 nitrogen and oxygen atoms in total. The molecule has 0 bridgehead atoms. The molecular formula is C16H14ClFN2O. The molecule has 0 aliphatic carbocycles. The molecule has 0 aliphatic rings. The van der Waals surface area contributed by atoms with Crippen molar-refractivity contribution in [3.8, 4) is 0 Å². The summed E-state index contributed by atoms with van der Waals surface area (Å²) in [5.41, 5.74) is 1.31. The summed E-state index contributed by atoms with van der Waals surface area (Å²) in [7, 11) is 0. The quantitative estimate of drug-likeness (QED) is 0.882. The van der Waals surface area contributed by atoms with E-state index < -0.39 is 6.03 Å². The van der Waals surface area contributed by atoms with Gasteiger partial charge in [0.05, 0.1) is 0 Å². The van der Waals surface area contributed by atoms with E-state index in [1.165, 1.54) is 12.3 Å². The van der Waals surface area contributed by atoms with Gasteiger partial charge in [0.2, 0.25) is 0 Å². The lowest BCUT2D eigenvalue weighted by molar-refractivity contribution is 0.243. The third-order valence-corrected chi connectivity index (χ3v) is 2.97. The van der Waals surface area contributed by atoms with Gasteiger partial charge in [-0.1, -0.05) is 41.9 Å². The first-order chi connectivity index (χ1) is 10.1. The molecule has 2 N–H and O–H groups in total. The molecule has 0 saturated heterocycles. The van der Waals surface area contributed by atoms with Gasteiger partial charge in [-0.25, -0.2) is 9.18 Å². The van der Waals surface area contributed by atoms with Gasteiger partial charge in [0.1, 0.15) is 5.82 Å². The molecule has 108 valence electrons. The first kappa shape index (κ1) is 15.1. The number of hydrogen-bond acceptors (Lipinski definition) is 1. The second-order valence-electron chi connectivity index (χ2n) is 4.31. The fraction of sp³-hybridized carbons (Fsp3) is 0.0625. The first-order valence-corrected chi connectivity index (χ1v) is 6.73. The highest BCUT2D eigenvalue weighted by Gasteiger charge is 2.02. The molecular weight excluding hydrogens is 291 g/mol. The Bertz CT molecular complexity index is 658. The number of amides is 2. The van der Waals surface area contributed by atoms with Gasteiger partial charge in [0.25, 0.3) is 0 Å². The summed E-state index contributed by atoms with van der Waals surface area (Å²) >= 11 is 5.85. The maximum Gasteiger partial charge on any atom is 0.319 e. The zero-order valence-corrected chi connectivity index (χ0v) is 11.9. The van der Waals surface area contributed by atoms with Gasteiger partial charge in [-0.3, -0.25) is 0 Å². The summed E-state index contributed by atoms with van der Waals surface area (Å²) in [5.74, 6) is -0.340. The van der Waals surface area contributed by atoms with Gasteiger partial charge in [-0.05, 0) is 29.8 Å². The number of urea groups is 1. The van der Waals surface area contributed by atoms with E-state index in [0.29, 0.717) is 10.6 Å². The SMILES string of the molecule is O=C(N/C=C/c1cccc(Cl)c1)NCc1ccccc1F. The summed E-state index contributed by atoms with van der Waals surface area (Å²) in [4.78, 5) is 11.6. The van der Waals surface area contributed by atoms with Crippen LogP contribution < -0.4 is 10.6 Å². The van der Waals surface area contributed by atoms with Crippen molar-refractivity contribution in [3.05, 3.63) is 76.7 Å². The van der Waals surface area contributed by atoms with Crippen molar-refractivity contribution >= 4 is 23.7 Å². The lowest BCUT2D eigenvalue weighted by atomic mass is 10.2. The van der Waals surface area contributed by atoms with Gasteiger partial charge >= 0.3 is 6.03 Å². The normalized spacial score (nSPS) is 10.6. The highest BCUT2D eigenvalue weighted by Crippen LogP contribution is 2.11. The third-order valence-electron chi connectivity index (χ3n) is 2.74. The Labute approximate surface area is 127 Å². The summed E-state index contributed by atoms with van der Waals surface area (Å²) in [6, 6.07) is 13.1. The molecule has 21 heavy (non-hydrogen) atoms. The fourth-order valence-corrected chi connectivity index (χ4v) is 1.89. The van der Waals surface area contributed by atoms with E-state index in [0.717, 1.165) is 5.56 Å². The molecule has 2 rings (SSSR count). The lowest BCUT2D eigenvalue weighted by Crippen LogP contribution is -2.31. The van der Waals surface area contributed by atoms with Crippen LogP contribution in [0.1, 0.15) is 11.1 Å². The minimum atomic E-state index is -0.406. The minimum absolute atomic E-state index is 0.128. The number of rotatable bonds is 4. The van der Waals surface area contributed by atoms with Crippen LogP contribution in [0.15, 0.2) is 54.7 Å². The largest absolute Gasteiger partial charge is 0.334 e. The van der Waals surface area contributed by atoms with Crippen molar-refractivity contribution in [2.24, 2.45) is 0 Å². The molecule has 0 spiro atoms. The van der Waals surface area contributed by atoms with Crippen LogP contribution in [0.3, 0.4) is 0 Å². The predicted molar refractivity (Wildman–Crippen MR) is 82.3 cm³/mol. The van der Waals surface area contributed by atoms with Crippen LogP contribution >= 0.6 is 11.6 Å². The number of halogens is 2. The molecule has 0 radical (unpaired) electrons. The average Bonchev–Trinajstić information content (AvgIpc) is 2.46. The zero-order valence-electron chi connectivity index (χ0n) is 11.1. The van der Waals surface area contributed by atoms with E-state index in [9.17, 15) is 9.18 Å². The Kier molecular flexibility index (Phi) is 5.35. The standard InChI is InChI=1S/C16H14ClFN2O/c17-14-6-3-4-12(10-14)8-9-19-16(21)20-11-13-5-1-2-7-15(13)18/h1-10H,11H2,(H2,19,20,21)/b9-8+. The van der Waals surface area contributed by atoms with Crippen LogP contribution in [0.2, 0.25) is 5.02 Å². The van der Waals surface area contributed by atoms with E-state index in [4.69, 9.17) is 11.6 Å².